The fourth-order valence-electron chi connectivity index (χ4n) is 11.5. The topological polar surface area (TPSA) is 21.9 Å². The van der Waals surface area contributed by atoms with Gasteiger partial charge in [-0.1, -0.05) is 173 Å². The molecule has 69 heavy (non-hydrogen) atoms. The standard InChI is InChI=1S/C65H63N3O/c1-40(2)33-46-34-49(29-30-50(46)44-21-16-13-17-22-44)67-56-24-18-23-51-52-36-47(62(3,4)5)37-53-57-35-45(43-27-25-42(26-28-43)41-19-14-12-15-20-41)31-32-66(57)65(58(52)53)68(59(51)56)61(67)54-38-48(63(6,7)8)39-55(60(54)69-65)64(9,10)11/h12-32,34-40H,33H2,1-11H3/q+2. The van der Waals surface area contributed by atoms with Crippen LogP contribution in [0.15, 0.2) is 164 Å². The van der Waals surface area contributed by atoms with E-state index in [1.807, 2.05) is 0 Å². The van der Waals surface area contributed by atoms with Crippen LogP contribution in [0.1, 0.15) is 104 Å². The summed E-state index contributed by atoms with van der Waals surface area (Å²) in [5, 5.41) is 0. The third kappa shape index (κ3) is 6.54. The Morgan fingerprint density at radius 3 is 1.78 bits per heavy atom. The summed E-state index contributed by atoms with van der Waals surface area (Å²) >= 11 is 0. The number of para-hydroxylation sites is 1. The van der Waals surface area contributed by atoms with Crippen LogP contribution in [-0.2, 0) is 28.5 Å². The molecule has 0 bridgehead atoms. The van der Waals surface area contributed by atoms with Gasteiger partial charge in [-0.2, -0.15) is 4.57 Å². The molecule has 342 valence electrons. The van der Waals surface area contributed by atoms with Gasteiger partial charge in [0.15, 0.2) is 23.0 Å². The first-order valence-electron chi connectivity index (χ1n) is 25.0. The Kier molecular flexibility index (Phi) is 9.39. The van der Waals surface area contributed by atoms with Crippen molar-refractivity contribution in [2.24, 2.45) is 5.92 Å². The zero-order chi connectivity index (χ0) is 47.9. The molecule has 1 atom stereocenters. The number of fused-ring (bicyclic) bond motifs is 5. The highest BCUT2D eigenvalue weighted by Gasteiger charge is 2.69. The molecule has 0 radical (unpaired) electrons. The Hall–Kier alpha value is -7.04. The maximum Gasteiger partial charge on any atom is 0.499 e. The highest BCUT2D eigenvalue weighted by atomic mass is 16.5. The second-order valence-electron chi connectivity index (χ2n) is 23.4. The van der Waals surface area contributed by atoms with E-state index < -0.39 is 5.85 Å². The van der Waals surface area contributed by atoms with E-state index in [0.717, 1.165) is 40.5 Å². The van der Waals surface area contributed by atoms with Gasteiger partial charge in [-0.05, 0) is 127 Å². The fourth-order valence-corrected chi connectivity index (χ4v) is 11.5. The third-order valence-electron chi connectivity index (χ3n) is 15.0. The smallest absolute Gasteiger partial charge is 0.392 e. The lowest BCUT2D eigenvalue weighted by Gasteiger charge is -2.36. The first kappa shape index (κ1) is 43.3. The summed E-state index contributed by atoms with van der Waals surface area (Å²) < 4.78 is 15.8. The van der Waals surface area contributed by atoms with Crippen LogP contribution in [0.2, 0.25) is 0 Å². The number of hydrogen-bond acceptors (Lipinski definition) is 1. The van der Waals surface area contributed by atoms with Gasteiger partial charge < -0.3 is 4.74 Å². The molecule has 4 nitrogen and oxygen atoms in total. The number of ether oxygens (including phenoxy) is 1. The van der Waals surface area contributed by atoms with Crippen LogP contribution in [0.4, 0.5) is 0 Å². The van der Waals surface area contributed by atoms with E-state index in [4.69, 9.17) is 4.74 Å². The lowest BCUT2D eigenvalue weighted by atomic mass is 9.78. The molecule has 0 fully saturated rings. The Labute approximate surface area is 408 Å². The third-order valence-corrected chi connectivity index (χ3v) is 15.0. The molecule has 0 amide bonds. The van der Waals surface area contributed by atoms with E-state index in [2.05, 4.69) is 254 Å². The average Bonchev–Trinajstić information content (AvgIpc) is 3.82. The van der Waals surface area contributed by atoms with Crippen molar-refractivity contribution in [3.05, 3.63) is 192 Å². The number of rotatable bonds is 6. The summed E-state index contributed by atoms with van der Waals surface area (Å²) in [6, 6.07) is 59.3. The molecule has 3 aliphatic heterocycles. The summed E-state index contributed by atoms with van der Waals surface area (Å²) in [6.45, 7) is 25.7. The number of hydrogen-bond donors (Lipinski definition) is 0. The van der Waals surface area contributed by atoms with Crippen molar-refractivity contribution in [1.29, 1.82) is 0 Å². The van der Waals surface area contributed by atoms with Gasteiger partial charge in [0.25, 0.3) is 0 Å². The van der Waals surface area contributed by atoms with Crippen LogP contribution < -0.4 is 13.9 Å². The minimum atomic E-state index is -1.07. The Morgan fingerprint density at radius 1 is 0.522 bits per heavy atom. The molecule has 0 saturated heterocycles. The summed E-state index contributed by atoms with van der Waals surface area (Å²) in [6.07, 6.45) is 3.28. The lowest BCUT2D eigenvalue weighted by molar-refractivity contribution is -0.997. The number of benzene rings is 7. The van der Waals surface area contributed by atoms with E-state index in [1.165, 1.54) is 83.4 Å². The second kappa shape index (κ2) is 15.0. The zero-order valence-electron chi connectivity index (χ0n) is 42.1. The first-order chi connectivity index (χ1) is 32.9. The highest BCUT2D eigenvalue weighted by Crippen LogP contribution is 2.56. The zero-order valence-corrected chi connectivity index (χ0v) is 42.1. The summed E-state index contributed by atoms with van der Waals surface area (Å²) in [7, 11) is 0. The molecular weight excluding hydrogens is 839 g/mol. The largest absolute Gasteiger partial charge is 0.499 e. The Balaban J connectivity index is 1.21. The Morgan fingerprint density at radius 2 is 1.13 bits per heavy atom. The number of pyridine rings is 1. The monoisotopic (exact) mass is 901 g/mol. The van der Waals surface area contributed by atoms with Crippen LogP contribution in [0.5, 0.6) is 5.75 Å². The maximum absolute atomic E-state index is 8.18. The number of aromatic nitrogens is 3. The van der Waals surface area contributed by atoms with Crippen LogP contribution in [-0.4, -0.2) is 4.57 Å². The predicted octanol–water partition coefficient (Wildman–Crippen LogP) is 15.5. The van der Waals surface area contributed by atoms with Crippen molar-refractivity contribution in [2.45, 2.75) is 105 Å². The van der Waals surface area contributed by atoms with Crippen molar-refractivity contribution in [3.63, 3.8) is 0 Å². The molecule has 1 spiro atoms. The van der Waals surface area contributed by atoms with Gasteiger partial charge in [-0.15, -0.1) is 9.13 Å². The van der Waals surface area contributed by atoms with Crippen LogP contribution in [0.25, 0.3) is 83.9 Å². The summed E-state index contributed by atoms with van der Waals surface area (Å²) in [4.78, 5) is 0. The molecule has 12 rings (SSSR count). The van der Waals surface area contributed by atoms with Crippen LogP contribution >= 0.6 is 0 Å². The molecule has 4 heteroatoms. The molecule has 0 N–H and O–H groups in total. The number of nitrogens with zero attached hydrogens (tertiary/aromatic N) is 3. The van der Waals surface area contributed by atoms with Crippen LogP contribution in [0, 0.1) is 5.92 Å². The van der Waals surface area contributed by atoms with E-state index >= 15 is 0 Å². The van der Waals surface area contributed by atoms with Gasteiger partial charge in [0, 0.05) is 28.8 Å². The molecule has 2 aromatic heterocycles. The highest BCUT2D eigenvalue weighted by molar-refractivity contribution is 5.98. The lowest BCUT2D eigenvalue weighted by Crippen LogP contribution is -2.78. The van der Waals surface area contributed by atoms with Crippen molar-refractivity contribution < 1.29 is 13.9 Å². The Bertz CT molecular complexity index is 3560. The van der Waals surface area contributed by atoms with Gasteiger partial charge in [0.2, 0.25) is 5.69 Å². The molecule has 5 heterocycles. The van der Waals surface area contributed by atoms with Crippen molar-refractivity contribution in [1.82, 2.24) is 4.57 Å². The van der Waals surface area contributed by atoms with Gasteiger partial charge >= 0.3 is 11.7 Å². The minimum Gasteiger partial charge on any atom is -0.392 e. The van der Waals surface area contributed by atoms with E-state index in [-0.39, 0.29) is 16.2 Å². The van der Waals surface area contributed by atoms with E-state index in [9.17, 15) is 0 Å². The second-order valence-corrected chi connectivity index (χ2v) is 23.4. The van der Waals surface area contributed by atoms with E-state index in [0.29, 0.717) is 5.92 Å². The predicted molar refractivity (Wildman–Crippen MR) is 284 cm³/mol. The molecule has 0 aliphatic carbocycles. The van der Waals surface area contributed by atoms with Crippen molar-refractivity contribution in [3.8, 4) is 78.6 Å². The van der Waals surface area contributed by atoms with Crippen molar-refractivity contribution >= 4 is 11.0 Å². The quantitative estimate of drug-likeness (QED) is 0.152. The van der Waals surface area contributed by atoms with E-state index in [1.54, 1.807) is 0 Å². The normalized spacial score (nSPS) is 15.5. The van der Waals surface area contributed by atoms with Gasteiger partial charge in [0.1, 0.15) is 16.8 Å². The SMILES string of the molecule is CC(C)Cc1cc(-n2c3[n+]4c5c(cccc52)-c2cc(C(C)(C)C)cc5c2C4(Oc2c-3cc(C(C)(C)C)cc2C(C)(C)C)[n+]2ccc(-c3ccc(-c4ccccc4)cc3)cc2-5)ccc1-c1ccccc1. The molecule has 9 aromatic rings. The van der Waals surface area contributed by atoms with Gasteiger partial charge in [0.05, 0.1) is 5.56 Å². The first-order valence-corrected chi connectivity index (χ1v) is 25.0. The van der Waals surface area contributed by atoms with Gasteiger partial charge in [-0.3, -0.25) is 0 Å². The molecule has 3 aliphatic rings. The molecule has 7 aromatic carbocycles. The average molecular weight is 902 g/mol. The van der Waals surface area contributed by atoms with Crippen LogP contribution in [0.3, 0.4) is 0 Å². The number of imidazole rings is 1. The summed E-state index contributed by atoms with van der Waals surface area (Å²) in [5.74, 6) is 1.49. The fraction of sp³-hybridized carbons (Fsp3) is 0.262. The molecule has 0 saturated carbocycles. The molecular formula is C65H63N3O+2. The van der Waals surface area contributed by atoms with Crippen molar-refractivity contribution in [2.75, 3.05) is 0 Å². The maximum atomic E-state index is 8.18. The summed E-state index contributed by atoms with van der Waals surface area (Å²) in [5.41, 5.74) is 22.7. The van der Waals surface area contributed by atoms with Gasteiger partial charge in [-0.25, -0.2) is 0 Å². The molecule has 1 unspecified atom stereocenters. The minimum absolute atomic E-state index is 0.106.